The SMILES string of the molecule is c1ccc(-c2ccc(-c3nc(-c4ccc5c(c4)C4(c6ccccc6-5)c5ccccc5-c5c4sc4ccccc54)nc4ccccc34)cc2)cc1.c1ccc(-c2nc(-c3ccc4c(c3)C3(c5ccccc5-c5ccccc53)c3sc5ccccc5c3-4)nc3ccccc23)cc1.c1ccc2c(c1)-c1ccccc1C21c2ccc(-c3nc(-c4cccc5ccccc45)c4ccccc4n3)cc2-c2c1sc1ccccc21. The fraction of sp³-hybridized carbons (Fsp3) is 0.0226. The Kier molecular flexibility index (Phi) is 17.8. The van der Waals surface area contributed by atoms with Gasteiger partial charge in [-0.1, -0.05) is 419 Å². The molecule has 26 aromatic rings. The summed E-state index contributed by atoms with van der Waals surface area (Å²) < 4.78 is 3.98. The summed E-state index contributed by atoms with van der Waals surface area (Å²) in [6, 6.07) is 171. The monoisotopic (exact) mass is 1850 g/mol. The summed E-state index contributed by atoms with van der Waals surface area (Å²) in [4.78, 5) is 35.7. The van der Waals surface area contributed by atoms with E-state index >= 15 is 0 Å². The minimum Gasteiger partial charge on any atom is -0.228 e. The molecule has 6 aromatic heterocycles. The van der Waals surface area contributed by atoms with Crippen molar-refractivity contribution in [3.05, 3.63) is 538 Å². The molecule has 0 bridgehead atoms. The van der Waals surface area contributed by atoms with Crippen LogP contribution in [0.2, 0.25) is 0 Å². The molecular formula is C133H78N6S3. The van der Waals surface area contributed by atoms with E-state index in [0.29, 0.717) is 0 Å². The number of aromatic nitrogens is 6. The van der Waals surface area contributed by atoms with Crippen molar-refractivity contribution in [3.8, 4) is 146 Å². The lowest BCUT2D eigenvalue weighted by molar-refractivity contribution is 0.812. The van der Waals surface area contributed by atoms with Gasteiger partial charge < -0.3 is 0 Å². The zero-order valence-corrected chi connectivity index (χ0v) is 78.9. The molecule has 6 heterocycles. The molecule has 0 saturated heterocycles. The Morgan fingerprint density at radius 2 is 0.430 bits per heavy atom. The van der Waals surface area contributed by atoms with Crippen LogP contribution in [-0.4, -0.2) is 29.9 Å². The Hall–Kier alpha value is -17.4. The Labute approximate surface area is 831 Å². The average Bonchev–Trinajstić information content (AvgIpc) is 1.51. The predicted molar refractivity (Wildman–Crippen MR) is 589 cm³/mol. The number of hydrogen-bond acceptors (Lipinski definition) is 9. The third-order valence-corrected chi connectivity index (χ3v) is 34.6. The van der Waals surface area contributed by atoms with E-state index in [1.165, 1.54) is 184 Å². The van der Waals surface area contributed by atoms with E-state index in [1.54, 1.807) is 0 Å². The molecule has 0 radical (unpaired) electrons. The van der Waals surface area contributed by atoms with E-state index < -0.39 is 10.8 Å². The van der Waals surface area contributed by atoms with Crippen molar-refractivity contribution in [1.29, 1.82) is 0 Å². The molecule has 0 N–H and O–H groups in total. The van der Waals surface area contributed by atoms with Gasteiger partial charge in [0.1, 0.15) is 0 Å². The second kappa shape index (κ2) is 31.3. The first-order valence-electron chi connectivity index (χ1n) is 48.5. The van der Waals surface area contributed by atoms with E-state index in [4.69, 9.17) is 29.9 Å². The number of fused-ring (bicyclic) bond motifs is 40. The molecule has 0 aliphatic heterocycles. The third-order valence-electron chi connectivity index (χ3n) is 30.7. The molecule has 658 valence electrons. The van der Waals surface area contributed by atoms with Gasteiger partial charge in [-0.05, 0) is 177 Å². The number of nitrogens with zero attached hydrogens (tertiary/aromatic N) is 6. The summed E-state index contributed by atoms with van der Waals surface area (Å²) in [5.41, 5.74) is 41.3. The summed E-state index contributed by atoms with van der Waals surface area (Å²) >= 11 is 5.82. The van der Waals surface area contributed by atoms with Crippen molar-refractivity contribution in [2.75, 3.05) is 0 Å². The highest BCUT2D eigenvalue weighted by molar-refractivity contribution is 7.21. The minimum atomic E-state index is -0.412. The standard InChI is InChI=1S/C47H28N2S.C45H26N2S.C41H24N2S/c1-2-12-29(13-3-1)30-22-24-31(25-23-30)44-36-16-6-10-20-41(36)48-46(49-44)32-26-27-34-33-14-4-8-18-38(33)47(40(34)28-32)39-19-9-5-15-35(39)43-37-17-7-11-21-42(37)50-45(43)47;1-2-14-29-27(12-1)13-11-19-32(29)42-33-17-5-9-22-39(33)46-44(47-42)28-24-25-38-35(26-28)41-34-18-6-10-23-40(34)48-43(41)45(38)36-20-7-3-15-30(36)31-16-4-8-21-37(31)45;1-2-12-25(13-3-1)38-30-16-6-10-20-35(30)42-40(43-38)26-22-23-29-34(24-26)41(39-37(29)31-17-7-11-21-36(31)44-39)32-18-8-4-14-27(32)28-15-5-9-19-33(28)41/h1-28H;1-26H;1-24H. The Balaban J connectivity index is 0.0000000998. The van der Waals surface area contributed by atoms with Crippen LogP contribution in [0.5, 0.6) is 0 Å². The summed E-state index contributed by atoms with van der Waals surface area (Å²) in [6.07, 6.45) is 0. The van der Waals surface area contributed by atoms with Gasteiger partial charge in [-0.15, -0.1) is 34.0 Å². The van der Waals surface area contributed by atoms with Crippen molar-refractivity contribution in [1.82, 2.24) is 29.9 Å². The molecular weight excluding hydrogens is 1780 g/mol. The Morgan fingerprint density at radius 3 is 0.901 bits per heavy atom. The molecule has 3 spiro atoms. The molecule has 9 heteroatoms. The van der Waals surface area contributed by atoms with E-state index in [9.17, 15) is 0 Å². The van der Waals surface area contributed by atoms with Crippen molar-refractivity contribution >= 4 is 108 Å². The highest BCUT2D eigenvalue weighted by Gasteiger charge is 2.57. The van der Waals surface area contributed by atoms with Gasteiger partial charge in [0.15, 0.2) is 17.5 Å². The van der Waals surface area contributed by atoms with Crippen LogP contribution >= 0.6 is 34.0 Å². The Bertz CT molecular complexity index is 9760. The molecule has 6 aliphatic carbocycles. The van der Waals surface area contributed by atoms with Crippen LogP contribution in [0.15, 0.2) is 473 Å². The number of thiophene rings is 3. The average molecular weight is 1860 g/mol. The van der Waals surface area contributed by atoms with Crippen molar-refractivity contribution in [2.24, 2.45) is 0 Å². The summed E-state index contributed by atoms with van der Waals surface area (Å²) in [5, 5.41) is 9.54. The van der Waals surface area contributed by atoms with Gasteiger partial charge in [0.05, 0.1) is 49.9 Å². The zero-order chi connectivity index (χ0) is 93.0. The lowest BCUT2D eigenvalue weighted by Gasteiger charge is -2.29. The van der Waals surface area contributed by atoms with Gasteiger partial charge in [-0.3, -0.25) is 0 Å². The fourth-order valence-electron chi connectivity index (χ4n) is 24.8. The highest BCUT2D eigenvalue weighted by atomic mass is 32.1. The molecule has 0 amide bonds. The van der Waals surface area contributed by atoms with Crippen LogP contribution in [0.3, 0.4) is 0 Å². The van der Waals surface area contributed by atoms with Gasteiger partial charge in [0.25, 0.3) is 0 Å². The zero-order valence-electron chi connectivity index (χ0n) is 76.4. The molecule has 1 unspecified atom stereocenters. The molecule has 0 fully saturated rings. The Morgan fingerprint density at radius 1 is 0.155 bits per heavy atom. The summed E-state index contributed by atoms with van der Waals surface area (Å²) in [6.45, 7) is 0. The number of benzene rings is 20. The lowest BCUT2D eigenvalue weighted by atomic mass is 9.73. The van der Waals surface area contributed by atoms with Crippen LogP contribution in [0.4, 0.5) is 0 Å². The van der Waals surface area contributed by atoms with E-state index in [-0.39, 0.29) is 5.41 Å². The first-order valence-corrected chi connectivity index (χ1v) is 51.0. The predicted octanol–water partition coefficient (Wildman–Crippen LogP) is 34.4. The third kappa shape index (κ3) is 11.5. The highest BCUT2D eigenvalue weighted by Crippen LogP contribution is 2.70. The molecule has 6 nitrogen and oxygen atoms in total. The lowest BCUT2D eigenvalue weighted by Crippen LogP contribution is -2.25. The van der Waals surface area contributed by atoms with Gasteiger partial charge >= 0.3 is 0 Å². The van der Waals surface area contributed by atoms with E-state index in [2.05, 4.69) is 467 Å². The van der Waals surface area contributed by atoms with E-state index in [0.717, 1.165) is 101 Å². The minimum absolute atomic E-state index is 0.363. The maximum atomic E-state index is 5.38. The van der Waals surface area contributed by atoms with Gasteiger partial charge in [0.2, 0.25) is 0 Å². The van der Waals surface area contributed by atoms with Crippen molar-refractivity contribution in [3.63, 3.8) is 0 Å². The van der Waals surface area contributed by atoms with Gasteiger partial charge in [0, 0.05) is 111 Å². The first kappa shape index (κ1) is 80.6. The molecule has 32 rings (SSSR count). The van der Waals surface area contributed by atoms with Gasteiger partial charge in [-0.2, -0.15) is 0 Å². The molecule has 1 atom stereocenters. The molecule has 0 saturated carbocycles. The second-order valence-corrected chi connectivity index (χ2v) is 40.9. The summed E-state index contributed by atoms with van der Waals surface area (Å²) in [7, 11) is 0. The molecule has 142 heavy (non-hydrogen) atoms. The van der Waals surface area contributed by atoms with Crippen molar-refractivity contribution in [2.45, 2.75) is 16.2 Å². The molecule has 20 aromatic carbocycles. The van der Waals surface area contributed by atoms with Crippen LogP contribution < -0.4 is 0 Å². The summed E-state index contributed by atoms with van der Waals surface area (Å²) in [5.74, 6) is 2.23. The van der Waals surface area contributed by atoms with Gasteiger partial charge in [-0.25, -0.2) is 29.9 Å². The smallest absolute Gasteiger partial charge is 0.160 e. The van der Waals surface area contributed by atoms with Crippen LogP contribution in [0.25, 0.3) is 220 Å². The van der Waals surface area contributed by atoms with Crippen LogP contribution in [0, 0.1) is 0 Å². The number of para-hydroxylation sites is 3. The topological polar surface area (TPSA) is 77.3 Å². The second-order valence-electron chi connectivity index (χ2n) is 37.8. The van der Waals surface area contributed by atoms with Crippen molar-refractivity contribution < 1.29 is 0 Å². The number of rotatable bonds is 7. The largest absolute Gasteiger partial charge is 0.228 e. The number of hydrogen-bond donors (Lipinski definition) is 0. The van der Waals surface area contributed by atoms with Crippen LogP contribution in [-0.2, 0) is 16.2 Å². The normalized spacial score (nSPS) is 14.2. The maximum Gasteiger partial charge on any atom is 0.160 e. The van der Waals surface area contributed by atoms with E-state index in [1.807, 2.05) is 40.1 Å². The molecule has 6 aliphatic rings. The first-order chi connectivity index (χ1) is 70.4. The fourth-order valence-corrected chi connectivity index (χ4v) is 29.1. The quantitative estimate of drug-likeness (QED) is 0.158. The maximum absolute atomic E-state index is 5.38. The van der Waals surface area contributed by atoms with Crippen LogP contribution in [0.1, 0.15) is 64.7 Å².